The molecule has 0 fully saturated rings. The molecule has 0 aliphatic heterocycles. The van der Waals surface area contributed by atoms with Gasteiger partial charge in [0, 0.05) is 0 Å². The summed E-state index contributed by atoms with van der Waals surface area (Å²) in [5, 5.41) is 0.458. The van der Waals surface area contributed by atoms with Crippen molar-refractivity contribution in [3.05, 3.63) is 12.7 Å². The van der Waals surface area contributed by atoms with Gasteiger partial charge in [-0.2, -0.15) is 0 Å². The smallest absolute Gasteiger partial charge is 0.0119 e. The van der Waals surface area contributed by atoms with Crippen LogP contribution in [0.25, 0.3) is 0 Å². The topological polar surface area (TPSA) is 0 Å². The largest absolute Gasteiger partial charge is 0.131 e. The van der Waals surface area contributed by atoms with E-state index < -0.39 is 0 Å². The summed E-state index contributed by atoms with van der Waals surface area (Å²) in [5.41, 5.74) is 0. The molecule has 0 spiro atoms. The van der Waals surface area contributed by atoms with Gasteiger partial charge in [0.25, 0.3) is 0 Å². The van der Waals surface area contributed by atoms with Crippen LogP contribution in [-0.4, -0.2) is 5.16 Å². The molecule has 0 nitrogen and oxygen atoms in total. The van der Waals surface area contributed by atoms with E-state index >= 15 is 0 Å². The minimum Gasteiger partial charge on any atom is -0.131 e. The van der Waals surface area contributed by atoms with Gasteiger partial charge in [-0.3, -0.25) is 0 Å². The van der Waals surface area contributed by atoms with E-state index in [9.17, 15) is 0 Å². The van der Waals surface area contributed by atoms with Gasteiger partial charge < -0.3 is 0 Å². The molecule has 0 aromatic heterocycles. The van der Waals surface area contributed by atoms with Crippen molar-refractivity contribution in [2.45, 2.75) is 142 Å². The predicted molar refractivity (Wildman–Crippen MR) is 126 cm³/mol. The number of unbranched alkanes of at least 4 members (excludes halogenated alkanes) is 11. The van der Waals surface area contributed by atoms with Crippen LogP contribution < -0.4 is 0 Å². The first-order valence-electron chi connectivity index (χ1n) is 12.0. The van der Waals surface area contributed by atoms with E-state index in [-0.39, 0.29) is 0 Å². The molecule has 0 aliphatic carbocycles. The van der Waals surface area contributed by atoms with Crippen molar-refractivity contribution in [2.75, 3.05) is 0 Å². The van der Waals surface area contributed by atoms with E-state index in [0.717, 1.165) is 5.92 Å². The summed E-state index contributed by atoms with van der Waals surface area (Å²) >= 11 is 0. The van der Waals surface area contributed by atoms with E-state index in [1.54, 1.807) is 0 Å². The Morgan fingerprint density at radius 1 is 0.692 bits per heavy atom. The normalized spacial score (nSPS) is 13.1. The van der Waals surface area contributed by atoms with Crippen LogP contribution in [0, 0.1) is 5.92 Å². The summed E-state index contributed by atoms with van der Waals surface area (Å²) in [6.45, 7) is 11.0. The molecule has 1 heteroatoms. The van der Waals surface area contributed by atoms with E-state index in [1.165, 1.54) is 116 Å². The highest BCUT2D eigenvalue weighted by molar-refractivity contribution is 7.19. The van der Waals surface area contributed by atoms with Gasteiger partial charge in [-0.25, -0.2) is 0 Å². The van der Waals surface area contributed by atoms with Crippen LogP contribution in [-0.2, 0) is 0 Å². The Morgan fingerprint density at radius 2 is 1.12 bits per heavy atom. The summed E-state index contributed by atoms with van der Waals surface area (Å²) in [6, 6.07) is 0. The molecule has 0 radical (unpaired) electrons. The molecule has 2 atom stereocenters. The van der Waals surface area contributed by atoms with Crippen LogP contribution in [0.2, 0.25) is 0 Å². The van der Waals surface area contributed by atoms with Gasteiger partial charge in [0.1, 0.15) is 0 Å². The van der Waals surface area contributed by atoms with E-state index in [4.69, 9.17) is 0 Å². The fourth-order valence-corrected chi connectivity index (χ4v) is 4.98. The molecule has 0 N–H and O–H groups in total. The average molecular weight is 383 g/mol. The molecule has 156 valence electrons. The molecule has 0 saturated carbocycles. The third-order valence-electron chi connectivity index (χ3n) is 6.16. The van der Waals surface area contributed by atoms with Crippen LogP contribution in [0.15, 0.2) is 12.7 Å². The quantitative estimate of drug-likeness (QED) is 0.112. The van der Waals surface area contributed by atoms with Gasteiger partial charge >= 0.3 is 0 Å². The first kappa shape index (κ1) is 26.2. The van der Waals surface area contributed by atoms with Crippen molar-refractivity contribution in [1.82, 2.24) is 0 Å². The van der Waals surface area contributed by atoms with Crippen molar-refractivity contribution in [3.8, 4) is 0 Å². The lowest BCUT2D eigenvalue weighted by Crippen LogP contribution is -2.31. The van der Waals surface area contributed by atoms with Crippen LogP contribution in [0.4, 0.5) is 0 Å². The monoisotopic (exact) mass is 382 g/mol. The van der Waals surface area contributed by atoms with Crippen LogP contribution in [0.1, 0.15) is 136 Å². The van der Waals surface area contributed by atoms with Gasteiger partial charge in [0.15, 0.2) is 0 Å². The second-order valence-corrected chi connectivity index (χ2v) is 9.78. The van der Waals surface area contributed by atoms with E-state index in [0.29, 0.717) is 5.16 Å². The first-order valence-corrected chi connectivity index (χ1v) is 12.6. The van der Waals surface area contributed by atoms with Gasteiger partial charge in [-0.1, -0.05) is 117 Å². The summed E-state index contributed by atoms with van der Waals surface area (Å²) < 4.78 is 0. The molecule has 0 aromatic rings. The van der Waals surface area contributed by atoms with Gasteiger partial charge in [0.05, 0.1) is 0 Å². The van der Waals surface area contributed by atoms with Crippen molar-refractivity contribution in [3.63, 3.8) is 0 Å². The molecule has 0 aliphatic rings. The SMILES string of the molecule is C=CCC(CCCCCCCCCCCC)C(P)(CCCC)CCCC. The fraction of sp³-hybridized carbons (Fsp3) is 0.920. The Bertz CT molecular complexity index is 289. The number of hydrogen-bond acceptors (Lipinski definition) is 0. The second kappa shape index (κ2) is 18.5. The third kappa shape index (κ3) is 13.4. The molecule has 0 bridgehead atoms. The van der Waals surface area contributed by atoms with Crippen LogP contribution >= 0.6 is 9.24 Å². The molecular weight excluding hydrogens is 331 g/mol. The zero-order valence-electron chi connectivity index (χ0n) is 18.7. The minimum absolute atomic E-state index is 0.458. The Hall–Kier alpha value is 0.170. The van der Waals surface area contributed by atoms with Gasteiger partial charge in [-0.05, 0) is 36.8 Å². The summed E-state index contributed by atoms with van der Waals surface area (Å²) in [6.07, 6.45) is 27.3. The Kier molecular flexibility index (Phi) is 18.7. The van der Waals surface area contributed by atoms with Gasteiger partial charge in [0.2, 0.25) is 0 Å². The van der Waals surface area contributed by atoms with Gasteiger partial charge in [-0.15, -0.1) is 15.8 Å². The fourth-order valence-electron chi connectivity index (χ4n) is 4.26. The molecule has 0 heterocycles. The van der Waals surface area contributed by atoms with Crippen LogP contribution in [0.3, 0.4) is 0 Å². The molecule has 26 heavy (non-hydrogen) atoms. The first-order chi connectivity index (χ1) is 12.6. The average Bonchev–Trinajstić information content (AvgIpc) is 2.65. The lowest BCUT2D eigenvalue weighted by atomic mass is 9.78. The van der Waals surface area contributed by atoms with Crippen molar-refractivity contribution < 1.29 is 0 Å². The molecular formula is C25H51P. The molecule has 0 rings (SSSR count). The molecule has 0 amide bonds. The third-order valence-corrected chi connectivity index (χ3v) is 7.21. The maximum Gasteiger partial charge on any atom is -0.0119 e. The highest BCUT2D eigenvalue weighted by Crippen LogP contribution is 2.43. The van der Waals surface area contributed by atoms with E-state index in [1.807, 2.05) is 0 Å². The predicted octanol–water partition coefficient (Wildman–Crippen LogP) is 9.48. The van der Waals surface area contributed by atoms with Crippen molar-refractivity contribution >= 4 is 9.24 Å². The molecule has 0 saturated heterocycles. The summed E-state index contributed by atoms with van der Waals surface area (Å²) in [5.74, 6) is 0.817. The highest BCUT2D eigenvalue weighted by atomic mass is 31.0. The van der Waals surface area contributed by atoms with E-state index in [2.05, 4.69) is 42.7 Å². The standard InChI is InChI=1S/C25H51P/c1-5-9-12-13-14-15-16-17-18-19-21-24(20-8-4)25(26,22-10-6-2)23-11-7-3/h8,24H,4-7,9-23,26H2,1-3H3. The lowest BCUT2D eigenvalue weighted by Gasteiger charge is -2.38. The Morgan fingerprint density at radius 3 is 1.54 bits per heavy atom. The second-order valence-electron chi connectivity index (χ2n) is 8.63. The molecule has 0 aromatic carbocycles. The lowest BCUT2D eigenvalue weighted by molar-refractivity contribution is 0.297. The highest BCUT2D eigenvalue weighted by Gasteiger charge is 2.31. The Labute approximate surface area is 169 Å². The molecule has 2 unspecified atom stereocenters. The maximum atomic E-state index is 4.06. The maximum absolute atomic E-state index is 4.06. The number of rotatable bonds is 20. The minimum atomic E-state index is 0.458. The zero-order valence-corrected chi connectivity index (χ0v) is 19.8. The summed E-state index contributed by atoms with van der Waals surface area (Å²) in [7, 11) is 3.32. The Balaban J connectivity index is 4.12. The number of allylic oxidation sites excluding steroid dienone is 1. The van der Waals surface area contributed by atoms with Crippen molar-refractivity contribution in [2.24, 2.45) is 5.92 Å². The number of hydrogen-bond donors (Lipinski definition) is 0. The zero-order chi connectivity index (χ0) is 19.5. The van der Waals surface area contributed by atoms with Crippen LogP contribution in [0.5, 0.6) is 0 Å². The van der Waals surface area contributed by atoms with Crippen molar-refractivity contribution in [1.29, 1.82) is 0 Å². The summed E-state index contributed by atoms with van der Waals surface area (Å²) in [4.78, 5) is 0.